The van der Waals surface area contributed by atoms with Gasteiger partial charge in [-0.25, -0.2) is 0 Å². The number of aliphatic hydroxyl groups excluding tert-OH is 1. The maximum absolute atomic E-state index is 13.9. The number of amides is 1. The molecule has 2 aromatic carbocycles. The number of fused-ring (bicyclic) bond motifs is 3. The lowest BCUT2D eigenvalue weighted by molar-refractivity contribution is -0.272. The molecule has 5 rings (SSSR count). The van der Waals surface area contributed by atoms with E-state index < -0.39 is 137 Å². The number of unbranched alkanes of at least 4 members (excludes halogenated alkanes) is 1. The summed E-state index contributed by atoms with van der Waals surface area (Å²) >= 11 is 0. The molecule has 54 heavy (non-hydrogen) atoms. The number of nitrogens with one attached hydrogen (secondary N) is 1. The monoisotopic (exact) mass is 773 g/mol. The predicted octanol–water partition coefficient (Wildman–Crippen LogP) is 3.10. The van der Waals surface area contributed by atoms with Gasteiger partial charge in [-0.05, 0) is 19.4 Å². The van der Waals surface area contributed by atoms with Crippen molar-refractivity contribution in [3.8, 4) is 17.2 Å². The molecule has 19 heteroatoms. The van der Waals surface area contributed by atoms with Gasteiger partial charge in [-0.3, -0.25) is 24.0 Å². The topological polar surface area (TPSA) is 215 Å². The maximum atomic E-state index is 13.9. The van der Waals surface area contributed by atoms with Crippen LogP contribution in [0, 0.1) is 0 Å². The van der Waals surface area contributed by atoms with Crippen molar-refractivity contribution in [2.45, 2.75) is 101 Å². The Bertz CT molecular complexity index is 1880. The number of rotatable bonds is 11. The first-order valence-corrected chi connectivity index (χ1v) is 16.7. The summed E-state index contributed by atoms with van der Waals surface area (Å²) in [6.45, 7) is 2.01. The van der Waals surface area contributed by atoms with Crippen LogP contribution in [-0.4, -0.2) is 106 Å². The third-order valence-electron chi connectivity index (χ3n) is 9.67. The van der Waals surface area contributed by atoms with Crippen molar-refractivity contribution in [3.63, 3.8) is 0 Å². The fourth-order valence-electron chi connectivity index (χ4n) is 6.77. The molecule has 1 aliphatic heterocycles. The van der Waals surface area contributed by atoms with Crippen molar-refractivity contribution in [1.82, 2.24) is 5.32 Å². The van der Waals surface area contributed by atoms with E-state index in [0.717, 1.165) is 6.92 Å². The van der Waals surface area contributed by atoms with E-state index in [4.69, 9.17) is 18.9 Å². The van der Waals surface area contributed by atoms with Crippen molar-refractivity contribution in [2.75, 3.05) is 13.7 Å². The van der Waals surface area contributed by atoms with Gasteiger partial charge in [0.05, 0.1) is 42.0 Å². The van der Waals surface area contributed by atoms with Crippen LogP contribution in [0.5, 0.6) is 17.2 Å². The van der Waals surface area contributed by atoms with Crippen molar-refractivity contribution < 1.29 is 85.3 Å². The number of hydrogen-bond acceptors (Lipinski definition) is 13. The lowest BCUT2D eigenvalue weighted by Crippen LogP contribution is -2.60. The summed E-state index contributed by atoms with van der Waals surface area (Å²) in [5, 5.41) is 47.1. The number of esters is 1. The number of alkyl halides is 5. The minimum absolute atomic E-state index is 0.0460. The smallest absolute Gasteiger partial charge is 0.463 e. The molecule has 3 aliphatic rings. The number of halogens is 5. The molecule has 4 unspecified atom stereocenters. The number of carbonyl (C=O) groups excluding carboxylic acids is 5. The van der Waals surface area contributed by atoms with Gasteiger partial charge < -0.3 is 44.7 Å². The SMILES string of the molecule is CCCCC(=O)OCC(=O)[C@]1(O)Cc2c(O)c3c(c(O)c2[C@@H](OC2CC(NC(=O)C(F)(F)C(F)(F)F)C(O)C(C)O2)C1)C(=O)c1c(OC)cccc1C3=O. The Hall–Kier alpha value is -4.72. The molecule has 1 saturated heterocycles. The quantitative estimate of drug-likeness (QED) is 0.108. The van der Waals surface area contributed by atoms with Gasteiger partial charge in [0, 0.05) is 42.4 Å². The van der Waals surface area contributed by atoms with E-state index in [0.29, 0.717) is 12.8 Å². The molecule has 1 fully saturated rings. The number of hydrogen-bond donors (Lipinski definition) is 5. The zero-order valence-corrected chi connectivity index (χ0v) is 28.9. The number of carbonyl (C=O) groups is 5. The summed E-state index contributed by atoms with van der Waals surface area (Å²) in [5.74, 6) is -14.3. The fraction of sp³-hybridized carbons (Fsp3) is 0.514. The molecular formula is C35H36F5NO13. The fourth-order valence-corrected chi connectivity index (χ4v) is 6.77. The van der Waals surface area contributed by atoms with Gasteiger partial charge in [-0.2, -0.15) is 22.0 Å². The highest BCUT2D eigenvalue weighted by atomic mass is 19.4. The lowest BCUT2D eigenvalue weighted by atomic mass is 9.72. The molecule has 2 aliphatic carbocycles. The summed E-state index contributed by atoms with van der Waals surface area (Å²) in [4.78, 5) is 65.3. The Morgan fingerprint density at radius 3 is 2.33 bits per heavy atom. The summed E-state index contributed by atoms with van der Waals surface area (Å²) < 4.78 is 88.1. The largest absolute Gasteiger partial charge is 0.507 e. The Kier molecular flexibility index (Phi) is 11.1. The zero-order valence-electron chi connectivity index (χ0n) is 28.9. The molecule has 14 nitrogen and oxygen atoms in total. The van der Waals surface area contributed by atoms with Crippen LogP contribution in [0.2, 0.25) is 0 Å². The van der Waals surface area contributed by atoms with E-state index in [1.807, 2.05) is 0 Å². The minimum atomic E-state index is -6.27. The summed E-state index contributed by atoms with van der Waals surface area (Å²) in [7, 11) is 1.22. The molecule has 2 aromatic rings. The molecule has 0 spiro atoms. The van der Waals surface area contributed by atoms with E-state index >= 15 is 0 Å². The van der Waals surface area contributed by atoms with E-state index in [2.05, 4.69) is 0 Å². The molecule has 6 atom stereocenters. The minimum Gasteiger partial charge on any atom is -0.507 e. The van der Waals surface area contributed by atoms with Gasteiger partial charge in [0.25, 0.3) is 0 Å². The average molecular weight is 774 g/mol. The summed E-state index contributed by atoms with van der Waals surface area (Å²) in [6.07, 6.45) is -14.5. The number of phenols is 2. The van der Waals surface area contributed by atoms with Crippen LogP contribution in [-0.2, 0) is 35.0 Å². The van der Waals surface area contributed by atoms with Crippen molar-refractivity contribution in [2.24, 2.45) is 0 Å². The molecular weight excluding hydrogens is 737 g/mol. The van der Waals surface area contributed by atoms with Crippen LogP contribution in [0.1, 0.15) is 95.0 Å². The van der Waals surface area contributed by atoms with Crippen LogP contribution in [0.15, 0.2) is 18.2 Å². The van der Waals surface area contributed by atoms with Crippen LogP contribution >= 0.6 is 0 Å². The molecule has 0 radical (unpaired) electrons. The van der Waals surface area contributed by atoms with Gasteiger partial charge >= 0.3 is 24.0 Å². The second kappa shape index (κ2) is 14.8. The number of Topliss-reactive ketones (excluding diaryl/α,β-unsaturated/α-hetero) is 1. The number of ether oxygens (including phenoxy) is 4. The first-order chi connectivity index (χ1) is 25.2. The molecule has 1 heterocycles. The van der Waals surface area contributed by atoms with Crippen LogP contribution in [0.4, 0.5) is 22.0 Å². The normalized spacial score (nSPS) is 25.3. The van der Waals surface area contributed by atoms with E-state index in [-0.39, 0.29) is 23.3 Å². The standard InChI is InChI=1S/C35H36F5NO13/c1-4-5-9-21(43)52-13-20(42)33(50)11-16-24(31(48)26-25(29(16)46)28(45)15-7-6-8-18(51-3)23(15)30(26)47)19(12-33)54-22-10-17(27(44)14(2)53-22)41-32(49)34(36,37)35(38,39)40/h6-8,14,17,19,22,27,44,46,48,50H,4-5,9-13H2,1-3H3,(H,41,49)/t14?,17?,19-,22?,27?,33-/m0/s1. The predicted molar refractivity (Wildman–Crippen MR) is 170 cm³/mol. The van der Waals surface area contributed by atoms with E-state index in [1.165, 1.54) is 30.6 Å². The molecule has 1 amide bonds. The van der Waals surface area contributed by atoms with Gasteiger partial charge in [-0.1, -0.05) is 25.5 Å². The lowest BCUT2D eigenvalue weighted by Gasteiger charge is -2.43. The first kappa shape index (κ1) is 40.5. The molecule has 0 bridgehead atoms. The molecule has 5 N–H and O–H groups in total. The van der Waals surface area contributed by atoms with Crippen molar-refractivity contribution in [1.29, 1.82) is 0 Å². The molecule has 0 saturated carbocycles. The van der Waals surface area contributed by atoms with Crippen molar-refractivity contribution in [3.05, 3.63) is 51.6 Å². The van der Waals surface area contributed by atoms with Crippen LogP contribution < -0.4 is 10.1 Å². The third-order valence-corrected chi connectivity index (χ3v) is 9.67. The Morgan fingerprint density at radius 1 is 1.04 bits per heavy atom. The van der Waals surface area contributed by atoms with Crippen molar-refractivity contribution >= 4 is 29.2 Å². The first-order valence-electron chi connectivity index (χ1n) is 16.7. The third kappa shape index (κ3) is 7.12. The number of aliphatic hydroxyl groups is 2. The van der Waals surface area contributed by atoms with Gasteiger partial charge in [0.15, 0.2) is 18.7 Å². The van der Waals surface area contributed by atoms with E-state index in [9.17, 15) is 66.4 Å². The van der Waals surface area contributed by atoms with Crippen LogP contribution in [0.3, 0.4) is 0 Å². The number of ketones is 3. The van der Waals surface area contributed by atoms with E-state index in [1.54, 1.807) is 6.92 Å². The van der Waals surface area contributed by atoms with Gasteiger partial charge in [0.1, 0.15) is 29.0 Å². The molecule has 294 valence electrons. The highest BCUT2D eigenvalue weighted by molar-refractivity contribution is 6.31. The summed E-state index contributed by atoms with van der Waals surface area (Å²) in [5.41, 5.74) is -5.32. The number of phenolic OH excluding ortho intramolecular Hbond substituents is 2. The Morgan fingerprint density at radius 2 is 1.70 bits per heavy atom. The second-order valence-corrected chi connectivity index (χ2v) is 13.3. The number of methoxy groups -OCH3 is 1. The van der Waals surface area contributed by atoms with Gasteiger partial charge in [-0.15, -0.1) is 0 Å². The number of aromatic hydroxyl groups is 2. The Labute approximate surface area is 303 Å². The highest BCUT2D eigenvalue weighted by Gasteiger charge is 2.64. The maximum Gasteiger partial charge on any atom is 0.463 e. The number of benzene rings is 2. The average Bonchev–Trinajstić information content (AvgIpc) is 3.10. The Balaban J connectivity index is 1.57. The van der Waals surface area contributed by atoms with Crippen LogP contribution in [0.25, 0.3) is 0 Å². The second-order valence-electron chi connectivity index (χ2n) is 13.3. The zero-order chi connectivity index (χ0) is 40.1. The summed E-state index contributed by atoms with van der Waals surface area (Å²) in [6, 6.07) is 2.19. The highest BCUT2D eigenvalue weighted by Crippen LogP contribution is 2.52. The molecule has 0 aromatic heterocycles. The van der Waals surface area contributed by atoms with Gasteiger partial charge in [0.2, 0.25) is 11.6 Å².